The summed E-state index contributed by atoms with van der Waals surface area (Å²) in [6, 6.07) is 12.9. The van der Waals surface area contributed by atoms with Crippen LogP contribution in [0.2, 0.25) is 0 Å². The van der Waals surface area contributed by atoms with Crippen molar-refractivity contribution in [3.63, 3.8) is 0 Å². The van der Waals surface area contributed by atoms with Gasteiger partial charge in [-0.25, -0.2) is 4.68 Å². The second-order valence-electron chi connectivity index (χ2n) is 6.00. The van der Waals surface area contributed by atoms with Crippen molar-refractivity contribution in [2.45, 2.75) is 20.3 Å². The number of aryl methyl sites for hydroxylation is 1. The van der Waals surface area contributed by atoms with E-state index in [9.17, 15) is 13.6 Å². The van der Waals surface area contributed by atoms with Gasteiger partial charge in [0.1, 0.15) is 17.2 Å². The van der Waals surface area contributed by atoms with Crippen LogP contribution in [0.3, 0.4) is 0 Å². The number of nitrogens with one attached hydrogen (secondary N) is 1. The molecule has 0 saturated carbocycles. The minimum atomic E-state index is -2.90. The SMILES string of the molecule is COc1ccc(OCn2ccc(C(=O)Nc3ccc(OC(F)F)cc3C)n2)cc1. The van der Waals surface area contributed by atoms with Crippen molar-refractivity contribution in [1.82, 2.24) is 9.78 Å². The molecule has 0 fully saturated rings. The van der Waals surface area contributed by atoms with E-state index in [2.05, 4.69) is 15.2 Å². The van der Waals surface area contributed by atoms with E-state index >= 15 is 0 Å². The number of nitrogens with zero attached hydrogens (tertiary/aromatic N) is 2. The van der Waals surface area contributed by atoms with Gasteiger partial charge in [0.15, 0.2) is 12.4 Å². The van der Waals surface area contributed by atoms with E-state index in [1.165, 1.54) is 22.9 Å². The maximum Gasteiger partial charge on any atom is 0.387 e. The number of hydrogen-bond acceptors (Lipinski definition) is 5. The van der Waals surface area contributed by atoms with Crippen molar-refractivity contribution in [2.24, 2.45) is 0 Å². The standard InChI is InChI=1S/C20H19F2N3O4/c1-13-11-16(29-20(21)22)7-8-17(13)23-19(26)18-9-10-25(24-18)12-28-15-5-3-14(27-2)4-6-15/h3-11,20H,12H2,1-2H3,(H,23,26). The summed E-state index contributed by atoms with van der Waals surface area (Å²) >= 11 is 0. The number of carbonyl (C=O) groups is 1. The second-order valence-corrected chi connectivity index (χ2v) is 6.00. The molecule has 0 aliphatic carbocycles. The molecule has 1 N–H and O–H groups in total. The maximum absolute atomic E-state index is 12.4. The Labute approximate surface area is 165 Å². The van der Waals surface area contributed by atoms with Gasteiger partial charge in [-0.2, -0.15) is 13.9 Å². The Bertz CT molecular complexity index is 974. The van der Waals surface area contributed by atoms with Crippen LogP contribution in [0.4, 0.5) is 14.5 Å². The van der Waals surface area contributed by atoms with Crippen LogP contribution in [-0.2, 0) is 6.73 Å². The van der Waals surface area contributed by atoms with Crippen LogP contribution >= 0.6 is 0 Å². The molecule has 0 spiro atoms. The van der Waals surface area contributed by atoms with Gasteiger partial charge in [-0.3, -0.25) is 4.79 Å². The molecule has 9 heteroatoms. The van der Waals surface area contributed by atoms with Gasteiger partial charge in [0, 0.05) is 11.9 Å². The monoisotopic (exact) mass is 403 g/mol. The third-order valence-electron chi connectivity index (χ3n) is 3.97. The quantitative estimate of drug-likeness (QED) is 0.613. The van der Waals surface area contributed by atoms with E-state index in [-0.39, 0.29) is 18.2 Å². The van der Waals surface area contributed by atoms with Crippen molar-refractivity contribution >= 4 is 11.6 Å². The molecule has 0 aliphatic rings. The molecule has 0 bridgehead atoms. The maximum atomic E-state index is 12.4. The first-order valence-electron chi connectivity index (χ1n) is 8.62. The van der Waals surface area contributed by atoms with E-state index in [4.69, 9.17) is 9.47 Å². The van der Waals surface area contributed by atoms with Gasteiger partial charge in [0.2, 0.25) is 0 Å². The number of carbonyl (C=O) groups excluding carboxylic acids is 1. The zero-order valence-electron chi connectivity index (χ0n) is 15.8. The molecule has 7 nitrogen and oxygen atoms in total. The third-order valence-corrected chi connectivity index (χ3v) is 3.97. The predicted molar refractivity (Wildman–Crippen MR) is 102 cm³/mol. The van der Waals surface area contributed by atoms with Crippen LogP contribution in [0.25, 0.3) is 0 Å². The molecule has 0 radical (unpaired) electrons. The van der Waals surface area contributed by atoms with Gasteiger partial charge in [0.05, 0.1) is 7.11 Å². The summed E-state index contributed by atoms with van der Waals surface area (Å²) < 4.78 is 41.1. The summed E-state index contributed by atoms with van der Waals surface area (Å²) in [6.45, 7) is -1.10. The summed E-state index contributed by atoms with van der Waals surface area (Å²) in [4.78, 5) is 12.4. The summed E-state index contributed by atoms with van der Waals surface area (Å²) in [7, 11) is 1.58. The molecular formula is C20H19F2N3O4. The largest absolute Gasteiger partial charge is 0.497 e. The van der Waals surface area contributed by atoms with Gasteiger partial charge in [0.25, 0.3) is 5.91 Å². The van der Waals surface area contributed by atoms with Crippen LogP contribution in [0.5, 0.6) is 17.2 Å². The van der Waals surface area contributed by atoms with Gasteiger partial charge in [-0.15, -0.1) is 0 Å². The lowest BCUT2D eigenvalue weighted by Gasteiger charge is -2.10. The van der Waals surface area contributed by atoms with E-state index in [1.807, 2.05) is 0 Å². The Kier molecular flexibility index (Phi) is 6.28. The van der Waals surface area contributed by atoms with Crippen molar-refractivity contribution in [1.29, 1.82) is 0 Å². The first-order chi connectivity index (χ1) is 13.9. The lowest BCUT2D eigenvalue weighted by Crippen LogP contribution is -2.15. The second kappa shape index (κ2) is 9.05. The Balaban J connectivity index is 1.58. The lowest BCUT2D eigenvalue weighted by atomic mass is 10.2. The van der Waals surface area contributed by atoms with E-state index < -0.39 is 12.5 Å². The van der Waals surface area contributed by atoms with E-state index in [1.54, 1.807) is 50.6 Å². The number of alkyl halides is 2. The topological polar surface area (TPSA) is 74.6 Å². The fourth-order valence-electron chi connectivity index (χ4n) is 2.51. The number of methoxy groups -OCH3 is 1. The molecule has 0 saturated heterocycles. The summed E-state index contributed by atoms with van der Waals surface area (Å²) in [5.74, 6) is 0.947. The van der Waals surface area contributed by atoms with Gasteiger partial charge >= 0.3 is 6.61 Å². The Morgan fingerprint density at radius 1 is 1.10 bits per heavy atom. The number of aromatic nitrogens is 2. The van der Waals surface area contributed by atoms with Crippen LogP contribution in [0.1, 0.15) is 16.1 Å². The van der Waals surface area contributed by atoms with Crippen molar-refractivity contribution in [2.75, 3.05) is 12.4 Å². The number of hydrogen-bond donors (Lipinski definition) is 1. The molecule has 29 heavy (non-hydrogen) atoms. The third kappa shape index (κ3) is 5.44. The summed E-state index contributed by atoms with van der Waals surface area (Å²) in [5, 5.41) is 6.87. The molecule has 0 unspecified atom stereocenters. The molecule has 1 amide bonds. The minimum absolute atomic E-state index is 0.0236. The number of rotatable bonds is 8. The number of halogens is 2. The zero-order valence-corrected chi connectivity index (χ0v) is 15.8. The number of amides is 1. The molecule has 1 aromatic heterocycles. The highest BCUT2D eigenvalue weighted by molar-refractivity contribution is 6.03. The Hall–Kier alpha value is -3.62. The highest BCUT2D eigenvalue weighted by Gasteiger charge is 2.13. The van der Waals surface area contributed by atoms with Gasteiger partial charge in [-0.1, -0.05) is 0 Å². The fourth-order valence-corrected chi connectivity index (χ4v) is 2.51. The lowest BCUT2D eigenvalue weighted by molar-refractivity contribution is -0.0498. The first kappa shape index (κ1) is 20.1. The summed E-state index contributed by atoms with van der Waals surface area (Å²) in [6.07, 6.45) is 1.62. The van der Waals surface area contributed by atoms with Crippen LogP contribution in [-0.4, -0.2) is 29.4 Å². The highest BCUT2D eigenvalue weighted by Crippen LogP contribution is 2.23. The number of benzene rings is 2. The minimum Gasteiger partial charge on any atom is -0.497 e. The molecule has 0 aliphatic heterocycles. The highest BCUT2D eigenvalue weighted by atomic mass is 19.3. The molecule has 2 aromatic carbocycles. The fraction of sp³-hybridized carbons (Fsp3) is 0.200. The van der Waals surface area contributed by atoms with Crippen molar-refractivity contribution in [3.05, 3.63) is 66.0 Å². The number of ether oxygens (including phenoxy) is 3. The predicted octanol–water partition coefficient (Wildman–Crippen LogP) is 4.09. The molecular weight excluding hydrogens is 384 g/mol. The van der Waals surface area contributed by atoms with Crippen LogP contribution in [0.15, 0.2) is 54.7 Å². The van der Waals surface area contributed by atoms with Crippen LogP contribution in [0, 0.1) is 6.92 Å². The van der Waals surface area contributed by atoms with Crippen molar-refractivity contribution < 1.29 is 27.8 Å². The van der Waals surface area contributed by atoms with E-state index in [0.29, 0.717) is 17.0 Å². The first-order valence-corrected chi connectivity index (χ1v) is 8.62. The van der Waals surface area contributed by atoms with Gasteiger partial charge < -0.3 is 19.5 Å². The molecule has 0 atom stereocenters. The molecule has 3 aromatic rings. The summed E-state index contributed by atoms with van der Waals surface area (Å²) in [5.41, 5.74) is 1.25. The Morgan fingerprint density at radius 3 is 2.45 bits per heavy atom. The van der Waals surface area contributed by atoms with E-state index in [0.717, 1.165) is 5.75 Å². The Morgan fingerprint density at radius 2 is 1.79 bits per heavy atom. The van der Waals surface area contributed by atoms with Gasteiger partial charge in [-0.05, 0) is 61.0 Å². The molecule has 1 heterocycles. The molecule has 152 valence electrons. The van der Waals surface area contributed by atoms with Crippen molar-refractivity contribution in [3.8, 4) is 17.2 Å². The smallest absolute Gasteiger partial charge is 0.387 e. The normalized spacial score (nSPS) is 10.7. The number of anilines is 1. The molecule has 3 rings (SSSR count). The van der Waals surface area contributed by atoms with Crippen LogP contribution < -0.4 is 19.5 Å². The zero-order chi connectivity index (χ0) is 20.8. The average molecular weight is 403 g/mol. The average Bonchev–Trinajstić information content (AvgIpc) is 3.17.